The number of aromatic nitrogens is 2. The molecule has 0 aliphatic carbocycles. The molecule has 11 heavy (non-hydrogen) atoms. The van der Waals surface area contributed by atoms with E-state index in [-0.39, 0.29) is 5.75 Å². The van der Waals surface area contributed by atoms with Crippen LogP contribution in [0, 0.1) is 0 Å². The molecule has 0 saturated heterocycles. The Morgan fingerprint density at radius 3 is 3.09 bits per heavy atom. The van der Waals surface area contributed by atoms with E-state index < -0.39 is 0 Å². The Hall–Kier alpha value is -1.03. The first-order valence-corrected chi connectivity index (χ1v) is 3.89. The molecule has 2 N–H and O–H groups in total. The first-order chi connectivity index (χ1) is 5.29. The maximum atomic E-state index is 9.29. The molecular formula is C7H5BrN2O. The van der Waals surface area contributed by atoms with Crippen LogP contribution in [0.3, 0.4) is 0 Å². The maximum Gasteiger partial charge on any atom is 0.143 e. The SMILES string of the molecule is Oc1c[nH]c2ccnc(Br)c12. The van der Waals surface area contributed by atoms with Crippen LogP contribution < -0.4 is 0 Å². The quantitative estimate of drug-likeness (QED) is 0.657. The molecule has 0 unspecified atom stereocenters. The summed E-state index contributed by atoms with van der Waals surface area (Å²) in [6, 6.07) is 1.81. The molecule has 0 amide bonds. The van der Waals surface area contributed by atoms with Gasteiger partial charge in [0.15, 0.2) is 0 Å². The van der Waals surface area contributed by atoms with E-state index in [0.717, 1.165) is 10.9 Å². The van der Waals surface area contributed by atoms with Gasteiger partial charge in [-0.25, -0.2) is 4.98 Å². The molecule has 0 spiro atoms. The van der Waals surface area contributed by atoms with Crippen LogP contribution in [0.4, 0.5) is 0 Å². The fourth-order valence-corrected chi connectivity index (χ4v) is 1.55. The molecule has 0 aliphatic rings. The summed E-state index contributed by atoms with van der Waals surface area (Å²) in [6.07, 6.45) is 3.21. The van der Waals surface area contributed by atoms with Gasteiger partial charge < -0.3 is 10.1 Å². The molecule has 0 saturated carbocycles. The third kappa shape index (κ3) is 0.903. The minimum absolute atomic E-state index is 0.222. The summed E-state index contributed by atoms with van der Waals surface area (Å²) in [5.41, 5.74) is 0.879. The molecule has 0 radical (unpaired) electrons. The van der Waals surface area contributed by atoms with Crippen molar-refractivity contribution in [3.63, 3.8) is 0 Å². The Morgan fingerprint density at radius 2 is 2.36 bits per heavy atom. The fraction of sp³-hybridized carbons (Fsp3) is 0. The van der Waals surface area contributed by atoms with E-state index in [4.69, 9.17) is 0 Å². The molecule has 0 fully saturated rings. The van der Waals surface area contributed by atoms with E-state index in [1.165, 1.54) is 6.20 Å². The first kappa shape index (κ1) is 6.67. The second-order valence-corrected chi connectivity index (χ2v) is 2.95. The van der Waals surface area contributed by atoms with Crippen LogP contribution in [0.15, 0.2) is 23.1 Å². The summed E-state index contributed by atoms with van der Waals surface area (Å²) in [5.74, 6) is 0.222. The Bertz CT molecular complexity index is 396. The van der Waals surface area contributed by atoms with Gasteiger partial charge in [0.1, 0.15) is 10.4 Å². The van der Waals surface area contributed by atoms with Gasteiger partial charge in [0.25, 0.3) is 0 Å². The predicted molar refractivity (Wildman–Crippen MR) is 45.5 cm³/mol. The number of hydrogen-bond donors (Lipinski definition) is 2. The van der Waals surface area contributed by atoms with E-state index in [2.05, 4.69) is 25.9 Å². The molecule has 0 aromatic carbocycles. The highest BCUT2D eigenvalue weighted by molar-refractivity contribution is 9.10. The average molecular weight is 213 g/mol. The number of pyridine rings is 1. The van der Waals surface area contributed by atoms with Gasteiger partial charge in [-0.1, -0.05) is 0 Å². The van der Waals surface area contributed by atoms with Crippen LogP contribution in [0.1, 0.15) is 0 Å². The molecular weight excluding hydrogens is 208 g/mol. The fourth-order valence-electron chi connectivity index (χ4n) is 1.02. The van der Waals surface area contributed by atoms with Gasteiger partial charge in [-0.05, 0) is 22.0 Å². The summed E-state index contributed by atoms with van der Waals surface area (Å²) in [7, 11) is 0. The minimum atomic E-state index is 0.222. The van der Waals surface area contributed by atoms with Crippen LogP contribution in [0.2, 0.25) is 0 Å². The Kier molecular flexibility index (Phi) is 1.35. The third-order valence-electron chi connectivity index (χ3n) is 1.53. The zero-order chi connectivity index (χ0) is 7.84. The van der Waals surface area contributed by atoms with Gasteiger partial charge in [-0.2, -0.15) is 0 Å². The molecule has 2 heterocycles. The van der Waals surface area contributed by atoms with Crippen LogP contribution in [-0.2, 0) is 0 Å². The number of aromatic amines is 1. The van der Waals surface area contributed by atoms with E-state index >= 15 is 0 Å². The van der Waals surface area contributed by atoms with Crippen molar-refractivity contribution in [1.29, 1.82) is 0 Å². The number of H-pyrrole nitrogens is 1. The standard InChI is InChI=1S/C7H5BrN2O/c8-7-6-4(1-2-9-7)10-3-5(6)11/h1-3,10-11H. The third-order valence-corrected chi connectivity index (χ3v) is 2.13. The summed E-state index contributed by atoms with van der Waals surface area (Å²) >= 11 is 3.24. The molecule has 0 bridgehead atoms. The Labute approximate surface area is 71.2 Å². The lowest BCUT2D eigenvalue weighted by atomic mass is 10.3. The molecule has 2 rings (SSSR count). The summed E-state index contributed by atoms with van der Waals surface area (Å²) in [6.45, 7) is 0. The summed E-state index contributed by atoms with van der Waals surface area (Å²) in [5, 5.41) is 10.0. The van der Waals surface area contributed by atoms with Crippen LogP contribution in [-0.4, -0.2) is 15.1 Å². The number of rotatable bonds is 0. The van der Waals surface area contributed by atoms with Crippen molar-refractivity contribution in [3.05, 3.63) is 23.1 Å². The van der Waals surface area contributed by atoms with Crippen LogP contribution in [0.5, 0.6) is 5.75 Å². The molecule has 3 nitrogen and oxygen atoms in total. The predicted octanol–water partition coefficient (Wildman–Crippen LogP) is 2.03. The van der Waals surface area contributed by atoms with Gasteiger partial charge in [-0.15, -0.1) is 0 Å². The van der Waals surface area contributed by atoms with Crippen molar-refractivity contribution < 1.29 is 5.11 Å². The minimum Gasteiger partial charge on any atom is -0.506 e. The first-order valence-electron chi connectivity index (χ1n) is 3.09. The molecule has 0 aliphatic heterocycles. The normalized spacial score (nSPS) is 10.6. The summed E-state index contributed by atoms with van der Waals surface area (Å²) in [4.78, 5) is 6.89. The maximum absolute atomic E-state index is 9.29. The number of nitrogens with zero attached hydrogens (tertiary/aromatic N) is 1. The second kappa shape index (κ2) is 2.23. The van der Waals surface area contributed by atoms with Crippen LogP contribution >= 0.6 is 15.9 Å². The van der Waals surface area contributed by atoms with Crippen molar-refractivity contribution in [2.45, 2.75) is 0 Å². The second-order valence-electron chi connectivity index (χ2n) is 2.20. The molecule has 4 heteroatoms. The highest BCUT2D eigenvalue weighted by Crippen LogP contribution is 2.28. The van der Waals surface area contributed by atoms with Gasteiger partial charge >= 0.3 is 0 Å². The van der Waals surface area contributed by atoms with E-state index in [1.54, 1.807) is 12.3 Å². The van der Waals surface area contributed by atoms with Gasteiger partial charge in [0, 0.05) is 12.4 Å². The molecule has 2 aromatic heterocycles. The monoisotopic (exact) mass is 212 g/mol. The van der Waals surface area contributed by atoms with Gasteiger partial charge in [0.05, 0.1) is 10.9 Å². The number of nitrogens with one attached hydrogen (secondary N) is 1. The Morgan fingerprint density at radius 1 is 1.55 bits per heavy atom. The average Bonchev–Trinajstić information content (AvgIpc) is 2.34. The topological polar surface area (TPSA) is 48.9 Å². The summed E-state index contributed by atoms with van der Waals surface area (Å²) < 4.78 is 0.661. The smallest absolute Gasteiger partial charge is 0.143 e. The lowest BCUT2D eigenvalue weighted by molar-refractivity contribution is 0.481. The van der Waals surface area contributed by atoms with Gasteiger partial charge in [-0.3, -0.25) is 0 Å². The molecule has 0 atom stereocenters. The van der Waals surface area contributed by atoms with Crippen molar-refractivity contribution >= 4 is 26.8 Å². The largest absolute Gasteiger partial charge is 0.506 e. The van der Waals surface area contributed by atoms with E-state index in [1.807, 2.05) is 0 Å². The van der Waals surface area contributed by atoms with Gasteiger partial charge in [0.2, 0.25) is 0 Å². The highest BCUT2D eigenvalue weighted by Gasteiger charge is 2.04. The zero-order valence-electron chi connectivity index (χ0n) is 5.50. The Balaban J connectivity index is 2.96. The number of aromatic hydroxyl groups is 1. The number of fused-ring (bicyclic) bond motifs is 1. The van der Waals surface area contributed by atoms with Crippen molar-refractivity contribution in [2.24, 2.45) is 0 Å². The van der Waals surface area contributed by atoms with E-state index in [0.29, 0.717) is 4.60 Å². The van der Waals surface area contributed by atoms with Crippen molar-refractivity contribution in [2.75, 3.05) is 0 Å². The van der Waals surface area contributed by atoms with Crippen molar-refractivity contribution in [3.8, 4) is 5.75 Å². The lowest BCUT2D eigenvalue weighted by Crippen LogP contribution is -1.74. The number of halogens is 1. The molecule has 2 aromatic rings. The molecule has 56 valence electrons. The lowest BCUT2D eigenvalue weighted by Gasteiger charge is -1.91. The van der Waals surface area contributed by atoms with Crippen LogP contribution in [0.25, 0.3) is 10.9 Å². The number of hydrogen-bond acceptors (Lipinski definition) is 2. The van der Waals surface area contributed by atoms with Crippen molar-refractivity contribution in [1.82, 2.24) is 9.97 Å². The van der Waals surface area contributed by atoms with E-state index in [9.17, 15) is 5.11 Å². The highest BCUT2D eigenvalue weighted by atomic mass is 79.9. The zero-order valence-corrected chi connectivity index (χ0v) is 7.09.